The number of non-ortho nitro benzene ring substituents is 1. The molecular weight excluding hydrogens is 386 g/mol. The molecule has 0 spiro atoms. The van der Waals surface area contributed by atoms with E-state index in [0.29, 0.717) is 10.5 Å². The summed E-state index contributed by atoms with van der Waals surface area (Å²) in [6.45, 7) is 3.85. The number of benzene rings is 1. The second-order valence-corrected chi connectivity index (χ2v) is 6.76. The molecule has 0 aliphatic carbocycles. The van der Waals surface area contributed by atoms with E-state index >= 15 is 0 Å². The highest BCUT2D eigenvalue weighted by Crippen LogP contribution is 2.23. The van der Waals surface area contributed by atoms with Gasteiger partial charge in [-0.05, 0) is 32.0 Å². The highest BCUT2D eigenvalue weighted by atomic mass is 32.1. The molecule has 0 N–H and O–H groups in total. The quantitative estimate of drug-likeness (QED) is 0.352. The van der Waals surface area contributed by atoms with Gasteiger partial charge in [0.05, 0.1) is 22.9 Å². The molecule has 0 aliphatic rings. The lowest BCUT2D eigenvalue weighted by molar-refractivity contribution is -0.402. The molecule has 2 heterocycles. The molecule has 144 valence electrons. The Morgan fingerprint density at radius 2 is 1.82 bits per heavy atom. The third-order valence-corrected chi connectivity index (χ3v) is 4.35. The molecule has 2 aromatic heterocycles. The van der Waals surface area contributed by atoms with Gasteiger partial charge < -0.3 is 4.42 Å². The van der Waals surface area contributed by atoms with Gasteiger partial charge in [-0.3, -0.25) is 25.2 Å². The van der Waals surface area contributed by atoms with Crippen LogP contribution in [0.5, 0.6) is 0 Å². The lowest BCUT2D eigenvalue weighted by Crippen LogP contribution is -2.14. The van der Waals surface area contributed by atoms with Crippen molar-refractivity contribution in [2.75, 3.05) is 0 Å². The smallest absolute Gasteiger partial charge is 0.400 e. The molecule has 0 amide bonds. The summed E-state index contributed by atoms with van der Waals surface area (Å²) in [4.78, 5) is 25.6. The number of thiazole rings is 1. The topological polar surface area (TPSA) is 129 Å². The van der Waals surface area contributed by atoms with E-state index < -0.39 is 9.85 Å². The van der Waals surface area contributed by atoms with Crippen LogP contribution in [0.3, 0.4) is 0 Å². The third-order valence-electron chi connectivity index (χ3n) is 3.52. The maximum atomic E-state index is 10.9. The van der Waals surface area contributed by atoms with Crippen molar-refractivity contribution in [3.8, 4) is 11.3 Å². The standard InChI is InChI=1S/C17H15N5O5S/c1-11(2)19-17-20(18-9-14-7-8-16(27-14)22(25)26)15(10-28-17)12-3-5-13(6-4-12)21(23)24/h3-11H,1-2H3. The van der Waals surface area contributed by atoms with Gasteiger partial charge in [-0.15, -0.1) is 11.3 Å². The predicted octanol–water partition coefficient (Wildman–Crippen LogP) is 3.82. The molecule has 0 saturated heterocycles. The molecule has 0 atom stereocenters. The first-order valence-electron chi connectivity index (χ1n) is 8.13. The molecule has 1 aromatic carbocycles. The summed E-state index contributed by atoms with van der Waals surface area (Å²) in [6.07, 6.45) is 1.36. The minimum absolute atomic E-state index is 0.0102. The summed E-state index contributed by atoms with van der Waals surface area (Å²) in [7, 11) is 0. The van der Waals surface area contributed by atoms with E-state index in [1.165, 1.54) is 41.8 Å². The third kappa shape index (κ3) is 4.20. The number of hydrogen-bond donors (Lipinski definition) is 0. The molecule has 28 heavy (non-hydrogen) atoms. The molecule has 0 saturated carbocycles. The van der Waals surface area contributed by atoms with E-state index in [9.17, 15) is 20.2 Å². The number of nitrogens with zero attached hydrogens (tertiary/aromatic N) is 5. The maximum Gasteiger partial charge on any atom is 0.433 e. The number of nitro benzene ring substituents is 1. The number of rotatable bonds is 6. The second kappa shape index (κ2) is 7.96. The molecule has 10 nitrogen and oxygen atoms in total. The lowest BCUT2D eigenvalue weighted by Gasteiger charge is -2.03. The van der Waals surface area contributed by atoms with E-state index in [1.54, 1.807) is 16.8 Å². The van der Waals surface area contributed by atoms with Crippen LogP contribution in [-0.4, -0.2) is 26.8 Å². The molecule has 0 fully saturated rings. The Balaban J connectivity index is 2.04. The van der Waals surface area contributed by atoms with Gasteiger partial charge in [0.2, 0.25) is 4.80 Å². The summed E-state index contributed by atoms with van der Waals surface area (Å²) in [5.41, 5.74) is 1.38. The van der Waals surface area contributed by atoms with Crippen molar-refractivity contribution in [2.45, 2.75) is 19.9 Å². The Kier molecular flexibility index (Phi) is 5.45. The normalized spacial score (nSPS) is 12.2. The Hall–Kier alpha value is -3.60. The van der Waals surface area contributed by atoms with E-state index in [1.807, 2.05) is 19.2 Å². The van der Waals surface area contributed by atoms with Crippen LogP contribution in [0, 0.1) is 20.2 Å². The van der Waals surface area contributed by atoms with Crippen molar-refractivity contribution < 1.29 is 14.3 Å². The minimum Gasteiger partial charge on any atom is -0.400 e. The summed E-state index contributed by atoms with van der Waals surface area (Å²) >= 11 is 1.36. The Bertz CT molecular complexity index is 1110. The fourth-order valence-corrected chi connectivity index (χ4v) is 3.27. The molecule has 0 bridgehead atoms. The average molecular weight is 401 g/mol. The molecule has 11 heteroatoms. The van der Waals surface area contributed by atoms with Crippen molar-refractivity contribution in [2.24, 2.45) is 10.1 Å². The summed E-state index contributed by atoms with van der Waals surface area (Å²) in [5, 5.41) is 27.8. The lowest BCUT2D eigenvalue weighted by atomic mass is 10.1. The highest BCUT2D eigenvalue weighted by molar-refractivity contribution is 7.07. The van der Waals surface area contributed by atoms with Gasteiger partial charge in [0.1, 0.15) is 4.92 Å². The van der Waals surface area contributed by atoms with E-state index in [0.717, 1.165) is 5.56 Å². The van der Waals surface area contributed by atoms with Crippen LogP contribution < -0.4 is 4.80 Å². The molecule has 3 rings (SSSR count). The zero-order valence-corrected chi connectivity index (χ0v) is 15.7. The molecule has 0 aliphatic heterocycles. The average Bonchev–Trinajstić information content (AvgIpc) is 3.27. The fourth-order valence-electron chi connectivity index (χ4n) is 2.30. The second-order valence-electron chi connectivity index (χ2n) is 5.92. The number of furan rings is 1. The fraction of sp³-hybridized carbons (Fsp3) is 0.176. The SMILES string of the molecule is CC(C)N=c1scc(-c2ccc([N+](=O)[O-])cc2)n1N=Cc1ccc([N+](=O)[O-])o1. The number of hydrogen-bond acceptors (Lipinski definition) is 8. The zero-order valence-electron chi connectivity index (χ0n) is 14.9. The summed E-state index contributed by atoms with van der Waals surface area (Å²) in [6, 6.07) is 8.79. The van der Waals surface area contributed by atoms with Gasteiger partial charge in [0.25, 0.3) is 5.69 Å². The van der Waals surface area contributed by atoms with Gasteiger partial charge >= 0.3 is 5.88 Å². The van der Waals surface area contributed by atoms with Gasteiger partial charge in [-0.2, -0.15) is 5.10 Å². The van der Waals surface area contributed by atoms with E-state index in [2.05, 4.69) is 10.1 Å². The molecule has 0 unspecified atom stereocenters. The number of aromatic nitrogens is 1. The summed E-state index contributed by atoms with van der Waals surface area (Å²) < 4.78 is 6.66. The molecular formula is C17H15N5O5S. The van der Waals surface area contributed by atoms with Crippen LogP contribution in [0.4, 0.5) is 11.6 Å². The van der Waals surface area contributed by atoms with Gasteiger partial charge in [-0.25, -0.2) is 4.68 Å². The Labute approximate surface area is 162 Å². The van der Waals surface area contributed by atoms with Crippen LogP contribution >= 0.6 is 11.3 Å². The van der Waals surface area contributed by atoms with E-state index in [-0.39, 0.29) is 23.4 Å². The molecule has 0 radical (unpaired) electrons. The number of nitro groups is 2. The van der Waals surface area contributed by atoms with Crippen molar-refractivity contribution in [1.29, 1.82) is 0 Å². The van der Waals surface area contributed by atoms with Crippen molar-refractivity contribution >= 4 is 29.1 Å². The largest absolute Gasteiger partial charge is 0.433 e. The van der Waals surface area contributed by atoms with Crippen molar-refractivity contribution in [3.05, 3.63) is 72.6 Å². The van der Waals surface area contributed by atoms with Gasteiger partial charge in [-0.1, -0.05) is 0 Å². The van der Waals surface area contributed by atoms with Gasteiger partial charge in [0.15, 0.2) is 5.76 Å². The first-order valence-corrected chi connectivity index (χ1v) is 9.01. The van der Waals surface area contributed by atoms with Crippen molar-refractivity contribution in [3.63, 3.8) is 0 Å². The first-order chi connectivity index (χ1) is 13.3. The molecule has 3 aromatic rings. The highest BCUT2D eigenvalue weighted by Gasteiger charge is 2.12. The first kappa shape index (κ1) is 19.2. The van der Waals surface area contributed by atoms with Crippen LogP contribution in [-0.2, 0) is 0 Å². The van der Waals surface area contributed by atoms with Crippen LogP contribution in [0.1, 0.15) is 19.6 Å². The minimum atomic E-state index is -0.628. The van der Waals surface area contributed by atoms with Crippen LogP contribution in [0.25, 0.3) is 11.3 Å². The summed E-state index contributed by atoms with van der Waals surface area (Å²) in [5.74, 6) is -0.157. The maximum absolute atomic E-state index is 10.9. The zero-order chi connectivity index (χ0) is 20.3. The van der Waals surface area contributed by atoms with Crippen LogP contribution in [0.15, 0.2) is 56.3 Å². The Morgan fingerprint density at radius 1 is 1.11 bits per heavy atom. The van der Waals surface area contributed by atoms with Crippen LogP contribution in [0.2, 0.25) is 0 Å². The monoisotopic (exact) mass is 401 g/mol. The Morgan fingerprint density at radius 3 is 2.39 bits per heavy atom. The van der Waals surface area contributed by atoms with Crippen molar-refractivity contribution in [1.82, 2.24) is 4.68 Å². The van der Waals surface area contributed by atoms with Gasteiger partial charge in [0, 0.05) is 29.1 Å². The predicted molar refractivity (Wildman–Crippen MR) is 103 cm³/mol. The van der Waals surface area contributed by atoms with E-state index in [4.69, 9.17) is 4.42 Å².